The molecule has 0 aliphatic heterocycles. The number of hydrogen-bond donors (Lipinski definition) is 3. The number of aliphatic hydroxyl groups is 1. The number of phosphoric acid groups is 2. The summed E-state index contributed by atoms with van der Waals surface area (Å²) in [6, 6.07) is 0. The Kier molecular flexibility index (Phi) is 72.7. The molecule has 0 saturated heterocycles. The van der Waals surface area contributed by atoms with Gasteiger partial charge in [-0.25, -0.2) is 9.13 Å². The Hall–Kier alpha value is -3.76. The minimum Gasteiger partial charge on any atom is -0.462 e. The Balaban J connectivity index is 5.39. The quantitative estimate of drug-likeness (QED) is 0.0169. The second-order valence-corrected chi connectivity index (χ2v) is 30.3. The number of allylic oxidation sites excluding steroid dienone is 14. The third-order valence-electron chi connectivity index (χ3n) is 17.3. The Labute approximate surface area is 621 Å². The van der Waals surface area contributed by atoms with Crippen LogP contribution in [0.2, 0.25) is 0 Å². The van der Waals surface area contributed by atoms with Crippen molar-refractivity contribution in [3.63, 3.8) is 0 Å². The summed E-state index contributed by atoms with van der Waals surface area (Å²) in [5, 5.41) is 10.6. The molecule has 0 fully saturated rings. The number of ether oxygens (including phenoxy) is 4. The average Bonchev–Trinajstić information content (AvgIpc) is 0.924. The number of aliphatic hydroxyl groups excluding tert-OH is 1. The minimum atomic E-state index is -4.99. The second-order valence-electron chi connectivity index (χ2n) is 27.4. The first-order valence-corrected chi connectivity index (χ1v) is 43.8. The van der Waals surface area contributed by atoms with E-state index in [0.717, 1.165) is 141 Å². The van der Waals surface area contributed by atoms with Crippen molar-refractivity contribution in [1.82, 2.24) is 0 Å². The predicted octanol–water partition coefficient (Wildman–Crippen LogP) is 23.8. The fourth-order valence-corrected chi connectivity index (χ4v) is 12.7. The number of hydrogen-bond acceptors (Lipinski definition) is 15. The van der Waals surface area contributed by atoms with Crippen LogP contribution in [0.3, 0.4) is 0 Å². The van der Waals surface area contributed by atoms with Gasteiger partial charge in [0.25, 0.3) is 0 Å². The molecule has 0 radical (unpaired) electrons. The monoisotopic (exact) mass is 1480 g/mol. The van der Waals surface area contributed by atoms with Crippen molar-refractivity contribution in [3.05, 3.63) is 85.1 Å². The third kappa shape index (κ3) is 74.5. The van der Waals surface area contributed by atoms with Crippen LogP contribution in [-0.2, 0) is 65.4 Å². The summed E-state index contributed by atoms with van der Waals surface area (Å²) in [4.78, 5) is 73.0. The van der Waals surface area contributed by atoms with Crippen LogP contribution in [0, 0.1) is 0 Å². The lowest BCUT2D eigenvalue weighted by Crippen LogP contribution is -2.30. The topological polar surface area (TPSA) is 237 Å². The van der Waals surface area contributed by atoms with Crippen molar-refractivity contribution in [2.75, 3.05) is 39.6 Å². The zero-order chi connectivity index (χ0) is 74.6. The first kappa shape index (κ1) is 98.2. The van der Waals surface area contributed by atoms with Crippen LogP contribution in [0.25, 0.3) is 0 Å². The number of esters is 4. The molecular formula is C83H148O17P2. The van der Waals surface area contributed by atoms with E-state index >= 15 is 0 Å². The fraction of sp³-hybridized carbons (Fsp3) is 0.783. The molecule has 0 heterocycles. The van der Waals surface area contributed by atoms with Gasteiger partial charge in [0.15, 0.2) is 12.2 Å². The summed E-state index contributed by atoms with van der Waals surface area (Å²) in [6.07, 6.45) is 78.5. The Bertz CT molecular complexity index is 2260. The Morgan fingerprint density at radius 3 is 0.833 bits per heavy atom. The molecule has 2 unspecified atom stereocenters. The van der Waals surface area contributed by atoms with Crippen LogP contribution in [-0.4, -0.2) is 96.7 Å². The molecule has 17 nitrogen and oxygen atoms in total. The van der Waals surface area contributed by atoms with Crippen LogP contribution in [0.1, 0.15) is 362 Å². The standard InChI is InChI=1S/C83H148O17P2/c1-5-9-13-17-21-25-29-33-36-37-38-39-42-45-48-52-56-60-64-68-81(86)94-74-79(100-83(88)70-66-62-58-54-50-46-41-35-31-27-23-19-15-11-7-3)76-98-102(91,92)96-72-77(84)71-95-101(89,90)97-75-78(99-82(87)69-65-61-57-53-49-43-32-28-24-20-16-12-8-4)73-93-80(85)67-63-59-55-51-47-44-40-34-30-26-22-18-14-10-6-2/h21,25,27,31,33-34,36,38-40,45,48,56,60,77-79,84H,5-20,22-24,26,28-30,32,35,37,41-44,46-47,49-55,57-59,61-76H2,1-4H3,(H,89,90)(H,91,92)/b25-21-,31-27-,36-33-,39-38-,40-34-,48-45-,60-56-/t77-,78+,79+/m0/s1. The third-order valence-corrected chi connectivity index (χ3v) is 19.2. The van der Waals surface area contributed by atoms with E-state index in [1.807, 2.05) is 12.2 Å². The van der Waals surface area contributed by atoms with E-state index in [9.17, 15) is 43.2 Å². The number of phosphoric ester groups is 2. The Morgan fingerprint density at radius 1 is 0.275 bits per heavy atom. The number of carbonyl (C=O) groups excluding carboxylic acids is 4. The lowest BCUT2D eigenvalue weighted by Gasteiger charge is -2.21. The molecule has 19 heteroatoms. The lowest BCUT2D eigenvalue weighted by atomic mass is 10.0. The van der Waals surface area contributed by atoms with E-state index < -0.39 is 97.5 Å². The van der Waals surface area contributed by atoms with Crippen molar-refractivity contribution >= 4 is 39.5 Å². The fourth-order valence-electron chi connectivity index (χ4n) is 11.1. The van der Waals surface area contributed by atoms with Crippen LogP contribution in [0.5, 0.6) is 0 Å². The SMILES string of the molecule is CCCCC/C=C\C/C=C\C/C=C\C/C=C\C/C=C\CCC(=O)OC[C@H](COP(=O)(O)OC[C@@H](O)COP(=O)(O)OC[C@@H](COC(=O)CCCCCCC/C=C\CCCCCCCC)OC(=O)CCCCCCCCCCCCCCC)OC(=O)CCCCCCCCC/C=C\CCCCCC. The highest BCUT2D eigenvalue weighted by atomic mass is 31.2. The molecule has 0 bridgehead atoms. The highest BCUT2D eigenvalue weighted by molar-refractivity contribution is 7.47. The summed E-state index contributed by atoms with van der Waals surface area (Å²) in [7, 11) is -9.97. The summed E-state index contributed by atoms with van der Waals surface area (Å²) in [5.41, 5.74) is 0. The Morgan fingerprint density at radius 2 is 0.500 bits per heavy atom. The van der Waals surface area contributed by atoms with Gasteiger partial charge in [-0.15, -0.1) is 0 Å². The summed E-state index contributed by atoms with van der Waals surface area (Å²) in [6.45, 7) is 4.79. The largest absolute Gasteiger partial charge is 0.472 e. The van der Waals surface area contributed by atoms with Crippen molar-refractivity contribution < 1.29 is 80.2 Å². The minimum absolute atomic E-state index is 0.0389. The van der Waals surface area contributed by atoms with E-state index in [4.69, 9.17) is 37.0 Å². The van der Waals surface area contributed by atoms with Crippen LogP contribution in [0.15, 0.2) is 85.1 Å². The van der Waals surface area contributed by atoms with Crippen molar-refractivity contribution in [1.29, 1.82) is 0 Å². The zero-order valence-electron chi connectivity index (χ0n) is 64.8. The van der Waals surface area contributed by atoms with E-state index in [1.54, 1.807) is 0 Å². The molecule has 0 amide bonds. The van der Waals surface area contributed by atoms with Gasteiger partial charge in [-0.2, -0.15) is 0 Å². The molecule has 0 aromatic heterocycles. The van der Waals surface area contributed by atoms with Crippen molar-refractivity contribution in [3.8, 4) is 0 Å². The highest BCUT2D eigenvalue weighted by Crippen LogP contribution is 2.45. The number of carbonyl (C=O) groups is 4. The van der Waals surface area contributed by atoms with Gasteiger partial charge >= 0.3 is 39.5 Å². The van der Waals surface area contributed by atoms with Crippen LogP contribution < -0.4 is 0 Å². The van der Waals surface area contributed by atoms with Crippen LogP contribution >= 0.6 is 15.6 Å². The molecule has 0 rings (SSSR count). The summed E-state index contributed by atoms with van der Waals surface area (Å²) < 4.78 is 68.6. The predicted molar refractivity (Wildman–Crippen MR) is 418 cm³/mol. The number of unbranched alkanes of at least 4 members (excludes halogenated alkanes) is 37. The van der Waals surface area contributed by atoms with E-state index in [1.165, 1.54) is 135 Å². The molecule has 3 N–H and O–H groups in total. The van der Waals surface area contributed by atoms with Gasteiger partial charge in [-0.05, 0) is 116 Å². The molecule has 0 aliphatic rings. The number of rotatable bonds is 77. The van der Waals surface area contributed by atoms with E-state index in [0.29, 0.717) is 32.1 Å². The molecule has 0 saturated carbocycles. The van der Waals surface area contributed by atoms with Gasteiger partial charge in [0, 0.05) is 25.7 Å². The molecule has 592 valence electrons. The first-order chi connectivity index (χ1) is 49.7. The maximum absolute atomic E-state index is 13.1. The second kappa shape index (κ2) is 75.5. The molecule has 5 atom stereocenters. The molecule has 0 aromatic carbocycles. The van der Waals surface area contributed by atoms with Crippen molar-refractivity contribution in [2.45, 2.75) is 380 Å². The van der Waals surface area contributed by atoms with Gasteiger partial charge < -0.3 is 33.8 Å². The van der Waals surface area contributed by atoms with E-state index in [2.05, 4.69) is 101 Å². The molecular weight excluding hydrogens is 1330 g/mol. The van der Waals surface area contributed by atoms with Gasteiger partial charge in [-0.1, -0.05) is 305 Å². The van der Waals surface area contributed by atoms with Gasteiger partial charge in [0.1, 0.15) is 19.3 Å². The van der Waals surface area contributed by atoms with Gasteiger partial charge in [0.2, 0.25) is 0 Å². The molecule has 0 aliphatic carbocycles. The zero-order valence-corrected chi connectivity index (χ0v) is 66.6. The highest BCUT2D eigenvalue weighted by Gasteiger charge is 2.30. The molecule has 102 heavy (non-hydrogen) atoms. The van der Waals surface area contributed by atoms with Gasteiger partial charge in [0.05, 0.1) is 26.4 Å². The maximum Gasteiger partial charge on any atom is 0.472 e. The first-order valence-electron chi connectivity index (χ1n) is 40.8. The van der Waals surface area contributed by atoms with Crippen molar-refractivity contribution in [2.24, 2.45) is 0 Å². The molecule has 0 spiro atoms. The molecule has 0 aromatic rings. The summed E-state index contributed by atoms with van der Waals surface area (Å²) >= 11 is 0. The summed E-state index contributed by atoms with van der Waals surface area (Å²) in [5.74, 6) is -2.26. The normalized spacial score (nSPS) is 14.3. The smallest absolute Gasteiger partial charge is 0.462 e. The maximum atomic E-state index is 13.1. The van der Waals surface area contributed by atoms with Crippen LogP contribution in [0.4, 0.5) is 0 Å². The average molecular weight is 1480 g/mol. The van der Waals surface area contributed by atoms with Gasteiger partial charge in [-0.3, -0.25) is 37.3 Å². The van der Waals surface area contributed by atoms with E-state index in [-0.39, 0.29) is 25.7 Å². The lowest BCUT2D eigenvalue weighted by molar-refractivity contribution is -0.161.